The van der Waals surface area contributed by atoms with Gasteiger partial charge in [-0.15, -0.1) is 0 Å². The van der Waals surface area contributed by atoms with E-state index in [-0.39, 0.29) is 44.1 Å². The minimum Gasteiger partial charge on any atom is -0.486 e. The maximum absolute atomic E-state index is 14.6. The third-order valence-electron chi connectivity index (χ3n) is 4.20. The van der Waals surface area contributed by atoms with Gasteiger partial charge >= 0.3 is 11.9 Å². The van der Waals surface area contributed by atoms with Gasteiger partial charge in [0.25, 0.3) is 5.56 Å². The lowest BCUT2D eigenvalue weighted by Crippen LogP contribution is -2.41. The lowest BCUT2D eigenvalue weighted by atomic mass is 10.2. The molecular formula is C20H13ClF4N2O5. The van der Waals surface area contributed by atoms with E-state index in [2.05, 4.69) is 0 Å². The first-order valence-corrected chi connectivity index (χ1v) is 9.14. The van der Waals surface area contributed by atoms with E-state index < -0.39 is 34.6 Å². The predicted molar refractivity (Wildman–Crippen MR) is 105 cm³/mol. The Kier molecular flexibility index (Phi) is 6.40. The number of alkyl halides is 3. The number of benzene rings is 2. The molecule has 0 aliphatic rings. The van der Waals surface area contributed by atoms with Crippen molar-refractivity contribution < 1.29 is 31.8 Å². The lowest BCUT2D eigenvalue weighted by Gasteiger charge is -2.15. The SMILES string of the molecule is Cn1c(C(F)(F)F)cc(=O)n(-c2cc(Oc3cccc(OCC=O)c3)c(Cl)cc2F)c1=O. The van der Waals surface area contributed by atoms with E-state index in [4.69, 9.17) is 21.1 Å². The number of ether oxygens (including phenoxy) is 2. The maximum atomic E-state index is 14.6. The van der Waals surface area contributed by atoms with Crippen LogP contribution in [0.5, 0.6) is 17.2 Å². The second-order valence-corrected chi connectivity index (χ2v) is 6.74. The number of nitrogens with zero attached hydrogens (tertiary/aromatic N) is 2. The van der Waals surface area contributed by atoms with Crippen molar-refractivity contribution in [2.75, 3.05) is 6.61 Å². The number of carbonyl (C=O) groups is 1. The highest BCUT2D eigenvalue weighted by Crippen LogP contribution is 2.34. The molecule has 0 saturated carbocycles. The van der Waals surface area contributed by atoms with Crippen molar-refractivity contribution in [3.05, 3.63) is 79.8 Å². The lowest BCUT2D eigenvalue weighted by molar-refractivity contribution is -0.144. The monoisotopic (exact) mass is 472 g/mol. The molecule has 3 rings (SSSR count). The van der Waals surface area contributed by atoms with Crippen LogP contribution in [-0.2, 0) is 18.0 Å². The molecule has 1 aromatic heterocycles. The summed E-state index contributed by atoms with van der Waals surface area (Å²) < 4.78 is 64.8. The molecule has 12 heteroatoms. The molecule has 168 valence electrons. The van der Waals surface area contributed by atoms with Crippen LogP contribution in [0, 0.1) is 5.82 Å². The van der Waals surface area contributed by atoms with Crippen LogP contribution in [0.1, 0.15) is 5.69 Å². The van der Waals surface area contributed by atoms with E-state index in [0.29, 0.717) is 6.29 Å². The number of halogens is 5. The molecule has 0 radical (unpaired) electrons. The highest BCUT2D eigenvalue weighted by Gasteiger charge is 2.35. The summed E-state index contributed by atoms with van der Waals surface area (Å²) in [7, 11) is 0.803. The second-order valence-electron chi connectivity index (χ2n) is 6.33. The molecule has 0 N–H and O–H groups in total. The third kappa shape index (κ3) is 4.67. The topological polar surface area (TPSA) is 79.5 Å². The van der Waals surface area contributed by atoms with Crippen LogP contribution in [0.2, 0.25) is 5.02 Å². The maximum Gasteiger partial charge on any atom is 0.431 e. The van der Waals surface area contributed by atoms with Crippen LogP contribution in [0.4, 0.5) is 17.6 Å². The Hall–Kier alpha value is -3.60. The molecular weight excluding hydrogens is 460 g/mol. The van der Waals surface area contributed by atoms with E-state index >= 15 is 0 Å². The average molecular weight is 473 g/mol. The zero-order valence-electron chi connectivity index (χ0n) is 16.2. The summed E-state index contributed by atoms with van der Waals surface area (Å²) in [5, 5.41) is -0.234. The molecule has 3 aromatic rings. The van der Waals surface area contributed by atoms with Crippen molar-refractivity contribution in [2.24, 2.45) is 7.05 Å². The molecule has 0 amide bonds. The Balaban J connectivity index is 2.09. The summed E-state index contributed by atoms with van der Waals surface area (Å²) in [6.07, 6.45) is -4.42. The largest absolute Gasteiger partial charge is 0.486 e. The number of aromatic nitrogens is 2. The van der Waals surface area contributed by atoms with Gasteiger partial charge in [0.05, 0.1) is 10.7 Å². The minimum absolute atomic E-state index is 0.153. The van der Waals surface area contributed by atoms with Crippen LogP contribution < -0.4 is 20.7 Å². The molecule has 7 nitrogen and oxygen atoms in total. The quantitative estimate of drug-likeness (QED) is 0.403. The highest BCUT2D eigenvalue weighted by atomic mass is 35.5. The normalized spacial score (nSPS) is 11.3. The molecule has 32 heavy (non-hydrogen) atoms. The van der Waals surface area contributed by atoms with Gasteiger partial charge in [-0.25, -0.2) is 13.8 Å². The number of carbonyl (C=O) groups excluding carboxylic acids is 1. The fraction of sp³-hybridized carbons (Fsp3) is 0.150. The number of hydrogen-bond acceptors (Lipinski definition) is 5. The van der Waals surface area contributed by atoms with Crippen LogP contribution >= 0.6 is 11.6 Å². The predicted octanol–water partition coefficient (Wildman–Crippen LogP) is 3.72. The molecule has 0 atom stereocenters. The van der Waals surface area contributed by atoms with Gasteiger partial charge in [0.15, 0.2) is 6.29 Å². The molecule has 1 heterocycles. The fourth-order valence-electron chi connectivity index (χ4n) is 2.77. The first-order valence-electron chi connectivity index (χ1n) is 8.77. The molecule has 0 spiro atoms. The van der Waals surface area contributed by atoms with Crippen molar-refractivity contribution in [1.82, 2.24) is 9.13 Å². The molecule has 2 aromatic carbocycles. The summed E-state index contributed by atoms with van der Waals surface area (Å²) in [6.45, 7) is -0.203. The first kappa shape index (κ1) is 23.1. The van der Waals surface area contributed by atoms with Crippen LogP contribution in [0.25, 0.3) is 5.69 Å². The van der Waals surface area contributed by atoms with Gasteiger partial charge in [0.1, 0.15) is 35.4 Å². The van der Waals surface area contributed by atoms with E-state index in [9.17, 15) is 31.9 Å². The summed E-state index contributed by atoms with van der Waals surface area (Å²) >= 11 is 6.00. The van der Waals surface area contributed by atoms with Crippen LogP contribution in [0.15, 0.2) is 52.1 Å². The Morgan fingerprint density at radius 3 is 2.44 bits per heavy atom. The van der Waals surface area contributed by atoms with Crippen molar-refractivity contribution in [2.45, 2.75) is 6.18 Å². The summed E-state index contributed by atoms with van der Waals surface area (Å²) in [5.74, 6) is -0.893. The number of rotatable bonds is 6. The molecule has 0 saturated heterocycles. The van der Waals surface area contributed by atoms with E-state index in [1.807, 2.05) is 0 Å². The summed E-state index contributed by atoms with van der Waals surface area (Å²) in [5.41, 5.74) is -4.95. The molecule has 0 bridgehead atoms. The first-order chi connectivity index (χ1) is 15.0. The zero-order valence-corrected chi connectivity index (χ0v) is 16.9. The van der Waals surface area contributed by atoms with Gasteiger partial charge in [-0.3, -0.25) is 14.2 Å². The van der Waals surface area contributed by atoms with Crippen molar-refractivity contribution in [3.8, 4) is 22.9 Å². The molecule has 0 unspecified atom stereocenters. The van der Waals surface area contributed by atoms with E-state index in [1.165, 1.54) is 18.2 Å². The Morgan fingerprint density at radius 2 is 1.78 bits per heavy atom. The van der Waals surface area contributed by atoms with Gasteiger partial charge in [-0.1, -0.05) is 17.7 Å². The zero-order chi connectivity index (χ0) is 23.6. The van der Waals surface area contributed by atoms with Crippen molar-refractivity contribution >= 4 is 17.9 Å². The number of aldehydes is 1. The van der Waals surface area contributed by atoms with Gasteiger partial charge in [-0.05, 0) is 18.2 Å². The van der Waals surface area contributed by atoms with Gasteiger partial charge < -0.3 is 9.47 Å². The van der Waals surface area contributed by atoms with E-state index in [1.54, 1.807) is 6.07 Å². The highest BCUT2D eigenvalue weighted by molar-refractivity contribution is 6.32. The Morgan fingerprint density at radius 1 is 1.09 bits per heavy atom. The number of hydrogen-bond donors (Lipinski definition) is 0. The third-order valence-corrected chi connectivity index (χ3v) is 4.50. The van der Waals surface area contributed by atoms with Crippen molar-refractivity contribution in [1.29, 1.82) is 0 Å². The van der Waals surface area contributed by atoms with Gasteiger partial charge in [0, 0.05) is 25.2 Å². The second kappa shape index (κ2) is 8.87. The fourth-order valence-corrected chi connectivity index (χ4v) is 2.96. The van der Waals surface area contributed by atoms with Crippen LogP contribution in [0.3, 0.4) is 0 Å². The average Bonchev–Trinajstić information content (AvgIpc) is 2.72. The minimum atomic E-state index is -4.96. The molecule has 0 aliphatic heterocycles. The smallest absolute Gasteiger partial charge is 0.431 e. The Labute approximate surface area is 182 Å². The standard InChI is InChI=1S/C20H13ClF4N2O5/c1-26-17(20(23,24)25)10-18(29)27(19(26)30)15-9-16(13(21)8-14(15)22)32-12-4-2-3-11(7-12)31-6-5-28/h2-5,7-10H,6H2,1H3. The van der Waals surface area contributed by atoms with Crippen LogP contribution in [-0.4, -0.2) is 22.0 Å². The molecule has 0 aliphatic carbocycles. The molecule has 0 fully saturated rings. The summed E-state index contributed by atoms with van der Waals surface area (Å²) in [6, 6.07) is 7.80. The van der Waals surface area contributed by atoms with Crippen molar-refractivity contribution in [3.63, 3.8) is 0 Å². The van der Waals surface area contributed by atoms with Gasteiger partial charge in [-0.2, -0.15) is 13.2 Å². The van der Waals surface area contributed by atoms with Gasteiger partial charge in [0.2, 0.25) is 0 Å². The summed E-state index contributed by atoms with van der Waals surface area (Å²) in [4.78, 5) is 35.2. The van der Waals surface area contributed by atoms with E-state index in [0.717, 1.165) is 19.2 Å². The Bertz CT molecular complexity index is 1300.